The molecular weight excluding hydrogens is 306 g/mol. The Labute approximate surface area is 141 Å². The number of urea groups is 1. The molecule has 0 bridgehead atoms. The fourth-order valence-electron chi connectivity index (χ4n) is 3.05. The number of rotatable bonds is 5. The van der Waals surface area contributed by atoms with Crippen molar-refractivity contribution >= 4 is 6.03 Å². The predicted octanol–water partition coefficient (Wildman–Crippen LogP) is 2.75. The van der Waals surface area contributed by atoms with Gasteiger partial charge >= 0.3 is 6.03 Å². The fourth-order valence-corrected chi connectivity index (χ4v) is 3.05. The normalized spacial score (nSPS) is 16.1. The highest BCUT2D eigenvalue weighted by Gasteiger charge is 2.34. The first-order chi connectivity index (χ1) is 11.6. The highest BCUT2D eigenvalue weighted by molar-refractivity contribution is 5.74. The summed E-state index contributed by atoms with van der Waals surface area (Å²) in [5, 5.41) is 15.2. The Morgan fingerprint density at radius 3 is 2.67 bits per heavy atom. The fraction of sp³-hybridized carbons (Fsp3) is 0.444. The van der Waals surface area contributed by atoms with Gasteiger partial charge in [0.25, 0.3) is 0 Å². The van der Waals surface area contributed by atoms with E-state index in [0.29, 0.717) is 11.6 Å². The SMILES string of the molecule is Cc1ccc(-c2nc(CNC(=O)NC3(CO)CCCC3)co2)cc1. The molecule has 0 atom stereocenters. The molecule has 2 aromatic rings. The van der Waals surface area contributed by atoms with E-state index in [1.165, 1.54) is 5.56 Å². The molecule has 1 aliphatic carbocycles. The summed E-state index contributed by atoms with van der Waals surface area (Å²) in [4.78, 5) is 16.5. The molecule has 128 valence electrons. The maximum atomic E-state index is 12.1. The van der Waals surface area contributed by atoms with Gasteiger partial charge in [0.1, 0.15) is 6.26 Å². The van der Waals surface area contributed by atoms with Crippen LogP contribution in [0.4, 0.5) is 4.79 Å². The monoisotopic (exact) mass is 329 g/mol. The minimum Gasteiger partial charge on any atom is -0.444 e. The molecule has 0 aliphatic heterocycles. The Balaban J connectivity index is 1.55. The van der Waals surface area contributed by atoms with E-state index in [2.05, 4.69) is 15.6 Å². The number of carbonyl (C=O) groups is 1. The quantitative estimate of drug-likeness (QED) is 0.787. The second-order valence-corrected chi connectivity index (χ2v) is 6.46. The van der Waals surface area contributed by atoms with E-state index >= 15 is 0 Å². The first-order valence-corrected chi connectivity index (χ1v) is 8.29. The van der Waals surface area contributed by atoms with Gasteiger partial charge in [0, 0.05) is 5.56 Å². The third kappa shape index (κ3) is 3.76. The van der Waals surface area contributed by atoms with Crippen molar-refractivity contribution in [1.29, 1.82) is 0 Å². The molecule has 0 unspecified atom stereocenters. The Morgan fingerprint density at radius 1 is 1.29 bits per heavy atom. The van der Waals surface area contributed by atoms with Gasteiger partial charge in [0.2, 0.25) is 5.89 Å². The van der Waals surface area contributed by atoms with Gasteiger partial charge in [-0.25, -0.2) is 9.78 Å². The molecule has 3 rings (SSSR count). The largest absolute Gasteiger partial charge is 0.444 e. The van der Waals surface area contributed by atoms with Crippen LogP contribution in [-0.2, 0) is 6.54 Å². The molecule has 1 aliphatic rings. The van der Waals surface area contributed by atoms with Crippen LogP contribution in [0.5, 0.6) is 0 Å². The maximum absolute atomic E-state index is 12.1. The summed E-state index contributed by atoms with van der Waals surface area (Å²) >= 11 is 0. The highest BCUT2D eigenvalue weighted by Crippen LogP contribution is 2.28. The number of aliphatic hydroxyl groups is 1. The van der Waals surface area contributed by atoms with Crippen LogP contribution in [0.3, 0.4) is 0 Å². The minimum atomic E-state index is -0.471. The van der Waals surface area contributed by atoms with Crippen LogP contribution >= 0.6 is 0 Å². The highest BCUT2D eigenvalue weighted by atomic mass is 16.3. The van der Waals surface area contributed by atoms with E-state index in [1.54, 1.807) is 6.26 Å². The number of hydrogen-bond acceptors (Lipinski definition) is 4. The number of hydrogen-bond donors (Lipinski definition) is 3. The molecule has 0 radical (unpaired) electrons. The van der Waals surface area contributed by atoms with Crippen molar-refractivity contribution in [3.05, 3.63) is 41.8 Å². The number of aromatic nitrogens is 1. The molecule has 2 amide bonds. The molecule has 1 fully saturated rings. The zero-order chi connectivity index (χ0) is 17.0. The zero-order valence-electron chi connectivity index (χ0n) is 13.8. The van der Waals surface area contributed by atoms with Gasteiger partial charge in [0.05, 0.1) is 24.4 Å². The molecule has 1 heterocycles. The van der Waals surface area contributed by atoms with Crippen LogP contribution in [0.2, 0.25) is 0 Å². The maximum Gasteiger partial charge on any atom is 0.315 e. The molecule has 6 heteroatoms. The molecule has 1 aromatic carbocycles. The average molecular weight is 329 g/mol. The second-order valence-electron chi connectivity index (χ2n) is 6.46. The first-order valence-electron chi connectivity index (χ1n) is 8.29. The van der Waals surface area contributed by atoms with Crippen LogP contribution in [0.25, 0.3) is 11.5 Å². The Kier molecular flexibility index (Phi) is 4.85. The molecule has 0 saturated heterocycles. The van der Waals surface area contributed by atoms with E-state index in [4.69, 9.17) is 4.42 Å². The van der Waals surface area contributed by atoms with Crippen molar-refractivity contribution in [2.75, 3.05) is 6.61 Å². The van der Waals surface area contributed by atoms with Gasteiger partial charge in [-0.2, -0.15) is 0 Å². The van der Waals surface area contributed by atoms with E-state index in [1.807, 2.05) is 31.2 Å². The van der Waals surface area contributed by atoms with Crippen molar-refractivity contribution in [2.45, 2.75) is 44.7 Å². The smallest absolute Gasteiger partial charge is 0.315 e. The third-order valence-electron chi connectivity index (χ3n) is 4.52. The van der Waals surface area contributed by atoms with E-state index < -0.39 is 5.54 Å². The second kappa shape index (κ2) is 7.05. The first kappa shape index (κ1) is 16.5. The summed E-state index contributed by atoms with van der Waals surface area (Å²) in [5.74, 6) is 0.537. The van der Waals surface area contributed by atoms with Gasteiger partial charge in [-0.15, -0.1) is 0 Å². The number of nitrogens with zero attached hydrogens (tertiary/aromatic N) is 1. The van der Waals surface area contributed by atoms with Gasteiger partial charge in [0.15, 0.2) is 0 Å². The predicted molar refractivity (Wildman–Crippen MR) is 90.3 cm³/mol. The summed E-state index contributed by atoms with van der Waals surface area (Å²) in [6.45, 7) is 2.28. The van der Waals surface area contributed by atoms with E-state index in [9.17, 15) is 9.90 Å². The van der Waals surface area contributed by atoms with Crippen molar-refractivity contribution in [3.63, 3.8) is 0 Å². The van der Waals surface area contributed by atoms with Crippen LogP contribution in [0.15, 0.2) is 34.9 Å². The molecule has 3 N–H and O–H groups in total. The van der Waals surface area contributed by atoms with Crippen molar-refractivity contribution in [1.82, 2.24) is 15.6 Å². The molecule has 6 nitrogen and oxygen atoms in total. The third-order valence-corrected chi connectivity index (χ3v) is 4.52. The number of benzene rings is 1. The molecule has 1 aromatic heterocycles. The summed E-state index contributed by atoms with van der Waals surface area (Å²) in [6, 6.07) is 7.62. The van der Waals surface area contributed by atoms with Gasteiger partial charge in [-0.1, -0.05) is 30.5 Å². The summed E-state index contributed by atoms with van der Waals surface area (Å²) in [7, 11) is 0. The Morgan fingerprint density at radius 2 is 2.00 bits per heavy atom. The number of aliphatic hydroxyl groups excluding tert-OH is 1. The van der Waals surface area contributed by atoms with E-state index in [-0.39, 0.29) is 19.2 Å². The number of oxazole rings is 1. The molecule has 0 spiro atoms. The zero-order valence-corrected chi connectivity index (χ0v) is 13.8. The number of carbonyl (C=O) groups excluding carboxylic acids is 1. The van der Waals surface area contributed by atoms with E-state index in [0.717, 1.165) is 31.2 Å². The topological polar surface area (TPSA) is 87.4 Å². The molecule has 1 saturated carbocycles. The number of amides is 2. The van der Waals surface area contributed by atoms with Crippen LogP contribution in [0.1, 0.15) is 36.9 Å². The van der Waals surface area contributed by atoms with Crippen LogP contribution in [-0.4, -0.2) is 28.3 Å². The van der Waals surface area contributed by atoms with Crippen LogP contribution < -0.4 is 10.6 Å². The van der Waals surface area contributed by atoms with Gasteiger partial charge < -0.3 is 20.2 Å². The summed E-state index contributed by atoms with van der Waals surface area (Å²) in [5.41, 5.74) is 2.27. The summed E-state index contributed by atoms with van der Waals surface area (Å²) < 4.78 is 5.47. The number of nitrogens with one attached hydrogen (secondary N) is 2. The lowest BCUT2D eigenvalue weighted by Crippen LogP contribution is -2.52. The van der Waals surface area contributed by atoms with Gasteiger partial charge in [-0.05, 0) is 31.9 Å². The molecule has 24 heavy (non-hydrogen) atoms. The van der Waals surface area contributed by atoms with Crippen molar-refractivity contribution in [2.24, 2.45) is 0 Å². The minimum absolute atomic E-state index is 0.0258. The van der Waals surface area contributed by atoms with Gasteiger partial charge in [-0.3, -0.25) is 0 Å². The summed E-state index contributed by atoms with van der Waals surface area (Å²) in [6.07, 6.45) is 5.25. The average Bonchev–Trinajstić information content (AvgIpc) is 3.24. The Bertz CT molecular complexity index is 688. The lowest BCUT2D eigenvalue weighted by atomic mass is 9.99. The Hall–Kier alpha value is -2.34. The standard InChI is InChI=1S/C18H23N3O3/c1-13-4-6-14(7-5-13)16-20-15(11-24-16)10-19-17(23)21-18(12-22)8-2-3-9-18/h4-7,11,22H,2-3,8-10,12H2,1H3,(H2,19,21,23). The molecular formula is C18H23N3O3. The van der Waals surface area contributed by atoms with Crippen LogP contribution in [0, 0.1) is 6.92 Å². The van der Waals surface area contributed by atoms with Crippen molar-refractivity contribution < 1.29 is 14.3 Å². The lowest BCUT2D eigenvalue weighted by Gasteiger charge is -2.27. The number of aryl methyl sites for hydroxylation is 1. The lowest BCUT2D eigenvalue weighted by molar-refractivity contribution is 0.162. The van der Waals surface area contributed by atoms with Crippen molar-refractivity contribution in [3.8, 4) is 11.5 Å².